The summed E-state index contributed by atoms with van der Waals surface area (Å²) in [5.41, 5.74) is 1.01. The molecule has 0 atom stereocenters. The molecule has 0 amide bonds. The van der Waals surface area contributed by atoms with Gasteiger partial charge in [-0.3, -0.25) is 0 Å². The molecule has 2 aromatic rings. The highest BCUT2D eigenvalue weighted by atomic mass is 32.2. The van der Waals surface area contributed by atoms with E-state index in [0.717, 1.165) is 21.9 Å². The highest BCUT2D eigenvalue weighted by molar-refractivity contribution is 7.89. The van der Waals surface area contributed by atoms with Crippen molar-refractivity contribution in [2.45, 2.75) is 31.2 Å². The first kappa shape index (κ1) is 16.1. The van der Waals surface area contributed by atoms with Crippen LogP contribution in [0.1, 0.15) is 21.9 Å². The Balaban J connectivity index is 2.01. The van der Waals surface area contributed by atoms with Gasteiger partial charge in [0.15, 0.2) is 0 Å². The lowest BCUT2D eigenvalue weighted by atomic mass is 10.1. The number of thiazole rings is 1. The number of rotatable bonds is 7. The van der Waals surface area contributed by atoms with Gasteiger partial charge in [-0.15, -0.1) is 11.3 Å². The van der Waals surface area contributed by atoms with E-state index in [4.69, 9.17) is 5.11 Å². The van der Waals surface area contributed by atoms with Crippen LogP contribution in [0.25, 0.3) is 0 Å². The molecular weight excluding hydrogens is 308 g/mol. The second-order valence-electron chi connectivity index (χ2n) is 4.64. The highest BCUT2D eigenvalue weighted by Crippen LogP contribution is 2.15. The second-order valence-corrected chi connectivity index (χ2v) is 7.73. The molecule has 7 heteroatoms. The van der Waals surface area contributed by atoms with Gasteiger partial charge in [-0.25, -0.2) is 18.1 Å². The molecule has 0 saturated heterocycles. The Morgan fingerprint density at radius 2 is 2.00 bits per heavy atom. The summed E-state index contributed by atoms with van der Waals surface area (Å²) in [4.78, 5) is 5.23. The van der Waals surface area contributed by atoms with Crippen molar-refractivity contribution in [3.63, 3.8) is 0 Å². The maximum Gasteiger partial charge on any atom is 0.240 e. The number of aromatic nitrogens is 1. The predicted molar refractivity (Wildman–Crippen MR) is 82.7 cm³/mol. The number of aryl methyl sites for hydroxylation is 2. The summed E-state index contributed by atoms with van der Waals surface area (Å²) in [7, 11) is -3.51. The number of aliphatic hydroxyl groups is 1. The lowest BCUT2D eigenvalue weighted by molar-refractivity contribution is 0.288. The van der Waals surface area contributed by atoms with E-state index in [-0.39, 0.29) is 18.0 Å². The van der Waals surface area contributed by atoms with Crippen LogP contribution < -0.4 is 4.72 Å². The molecule has 1 aromatic carbocycles. The minimum absolute atomic E-state index is 0.135. The standard InChI is InChI=1S/C14H18N2O3S2/c1-11-15-9-13(20-11)10-16-21(18,19)14-6-4-12(5-7-14)3-2-8-17/h4-7,9,16-17H,2-3,8,10H2,1H3. The smallest absolute Gasteiger partial charge is 0.240 e. The highest BCUT2D eigenvalue weighted by Gasteiger charge is 2.14. The molecule has 5 nitrogen and oxygen atoms in total. The van der Waals surface area contributed by atoms with E-state index < -0.39 is 10.0 Å². The van der Waals surface area contributed by atoms with Crippen molar-refractivity contribution < 1.29 is 13.5 Å². The van der Waals surface area contributed by atoms with Gasteiger partial charge in [0.1, 0.15) is 0 Å². The van der Waals surface area contributed by atoms with Gasteiger partial charge in [0.05, 0.1) is 9.90 Å². The maximum atomic E-state index is 12.2. The molecule has 2 rings (SSSR count). The Hall–Kier alpha value is -1.28. The number of nitrogens with zero attached hydrogens (tertiary/aromatic N) is 1. The molecule has 0 unspecified atom stereocenters. The minimum Gasteiger partial charge on any atom is -0.396 e. The summed E-state index contributed by atoms with van der Waals surface area (Å²) in [6, 6.07) is 6.74. The van der Waals surface area contributed by atoms with Crippen LogP contribution in [0, 0.1) is 6.92 Å². The van der Waals surface area contributed by atoms with Crippen LogP contribution in [0.5, 0.6) is 0 Å². The van der Waals surface area contributed by atoms with Gasteiger partial charge < -0.3 is 5.11 Å². The molecule has 0 bridgehead atoms. The van der Waals surface area contributed by atoms with Crippen molar-refractivity contribution in [2.75, 3.05) is 6.61 Å². The number of nitrogens with one attached hydrogen (secondary N) is 1. The molecule has 0 aliphatic heterocycles. The fourth-order valence-corrected chi connectivity index (χ4v) is 3.69. The molecule has 0 saturated carbocycles. The lowest BCUT2D eigenvalue weighted by Gasteiger charge is -2.06. The molecule has 1 aromatic heterocycles. The first-order valence-corrected chi connectivity index (χ1v) is 8.92. The molecule has 21 heavy (non-hydrogen) atoms. The van der Waals surface area contributed by atoms with Gasteiger partial charge in [-0.2, -0.15) is 0 Å². The van der Waals surface area contributed by atoms with Crippen LogP contribution in [-0.4, -0.2) is 25.1 Å². The average Bonchev–Trinajstić information content (AvgIpc) is 2.89. The average molecular weight is 326 g/mol. The topological polar surface area (TPSA) is 79.3 Å². The molecule has 2 N–H and O–H groups in total. The third kappa shape index (κ3) is 4.60. The van der Waals surface area contributed by atoms with E-state index >= 15 is 0 Å². The number of hydrogen-bond donors (Lipinski definition) is 2. The first-order chi connectivity index (χ1) is 10.0. The third-order valence-electron chi connectivity index (χ3n) is 2.96. The molecule has 0 fully saturated rings. The first-order valence-electron chi connectivity index (χ1n) is 6.62. The van der Waals surface area contributed by atoms with Gasteiger partial charge in [-0.1, -0.05) is 12.1 Å². The van der Waals surface area contributed by atoms with Crippen molar-refractivity contribution in [1.82, 2.24) is 9.71 Å². The zero-order chi connectivity index (χ0) is 15.3. The zero-order valence-electron chi connectivity index (χ0n) is 11.7. The summed E-state index contributed by atoms with van der Waals surface area (Å²) in [5, 5.41) is 9.70. The fourth-order valence-electron chi connectivity index (χ4n) is 1.85. The number of benzene rings is 1. The number of aliphatic hydroxyl groups excluding tert-OH is 1. The van der Waals surface area contributed by atoms with Gasteiger partial charge in [-0.05, 0) is 37.5 Å². The minimum atomic E-state index is -3.51. The van der Waals surface area contributed by atoms with Crippen LogP contribution in [-0.2, 0) is 23.0 Å². The van der Waals surface area contributed by atoms with Crippen LogP contribution >= 0.6 is 11.3 Å². The normalized spacial score (nSPS) is 11.7. The van der Waals surface area contributed by atoms with Crippen molar-refractivity contribution in [1.29, 1.82) is 0 Å². The Bertz CT molecular complexity index is 678. The largest absolute Gasteiger partial charge is 0.396 e. The van der Waals surface area contributed by atoms with Crippen LogP contribution in [0.3, 0.4) is 0 Å². The summed E-state index contributed by atoms with van der Waals surface area (Å²) in [5.74, 6) is 0. The van der Waals surface area contributed by atoms with Gasteiger partial charge in [0, 0.05) is 24.2 Å². The lowest BCUT2D eigenvalue weighted by Crippen LogP contribution is -2.22. The number of hydrogen-bond acceptors (Lipinski definition) is 5. The second kappa shape index (κ2) is 7.13. The van der Waals surface area contributed by atoms with Gasteiger partial charge in [0.2, 0.25) is 10.0 Å². The van der Waals surface area contributed by atoms with E-state index in [9.17, 15) is 8.42 Å². The van der Waals surface area contributed by atoms with E-state index in [1.807, 2.05) is 6.92 Å². The summed E-state index contributed by atoms with van der Waals surface area (Å²) in [6.45, 7) is 2.27. The fraction of sp³-hybridized carbons (Fsp3) is 0.357. The predicted octanol–water partition coefficient (Wildman–Crippen LogP) is 1.85. The van der Waals surface area contributed by atoms with Crippen molar-refractivity contribution in [3.05, 3.63) is 45.9 Å². The quantitative estimate of drug-likeness (QED) is 0.814. The Kier molecular flexibility index (Phi) is 5.46. The molecule has 1 heterocycles. The molecule has 0 aliphatic rings. The molecule has 114 valence electrons. The van der Waals surface area contributed by atoms with Crippen molar-refractivity contribution in [2.24, 2.45) is 0 Å². The van der Waals surface area contributed by atoms with Gasteiger partial charge >= 0.3 is 0 Å². The third-order valence-corrected chi connectivity index (χ3v) is 5.29. The Labute approximate surface area is 128 Å². The van der Waals surface area contributed by atoms with Crippen LogP contribution in [0.4, 0.5) is 0 Å². The van der Waals surface area contributed by atoms with E-state index in [1.165, 1.54) is 11.3 Å². The molecule has 0 spiro atoms. The molecule has 0 radical (unpaired) electrons. The van der Waals surface area contributed by atoms with E-state index in [1.54, 1.807) is 30.5 Å². The molecule has 0 aliphatic carbocycles. The van der Waals surface area contributed by atoms with Crippen molar-refractivity contribution in [3.8, 4) is 0 Å². The summed E-state index contributed by atoms with van der Waals surface area (Å²) in [6.07, 6.45) is 3.10. The Morgan fingerprint density at radius 3 is 2.57 bits per heavy atom. The van der Waals surface area contributed by atoms with Gasteiger partial charge in [0.25, 0.3) is 0 Å². The monoisotopic (exact) mass is 326 g/mol. The summed E-state index contributed by atoms with van der Waals surface area (Å²) >= 11 is 1.47. The van der Waals surface area contributed by atoms with E-state index in [2.05, 4.69) is 9.71 Å². The van der Waals surface area contributed by atoms with Crippen LogP contribution in [0.15, 0.2) is 35.4 Å². The maximum absolute atomic E-state index is 12.2. The zero-order valence-corrected chi connectivity index (χ0v) is 13.4. The van der Waals surface area contributed by atoms with E-state index in [0.29, 0.717) is 6.42 Å². The summed E-state index contributed by atoms with van der Waals surface area (Å²) < 4.78 is 26.9. The number of sulfonamides is 1. The molecular formula is C14H18N2O3S2. The van der Waals surface area contributed by atoms with Crippen molar-refractivity contribution >= 4 is 21.4 Å². The Morgan fingerprint density at radius 1 is 1.29 bits per heavy atom. The van der Waals surface area contributed by atoms with Crippen LogP contribution in [0.2, 0.25) is 0 Å². The SMILES string of the molecule is Cc1ncc(CNS(=O)(=O)c2ccc(CCCO)cc2)s1.